The van der Waals surface area contributed by atoms with Crippen molar-refractivity contribution in [2.75, 3.05) is 0 Å². The lowest BCUT2D eigenvalue weighted by atomic mass is 10.0. The molecular weight excluding hydrogens is 390 g/mol. The third-order valence-corrected chi connectivity index (χ3v) is 5.33. The monoisotopic (exact) mass is 419 g/mol. The molecule has 160 valence electrons. The molecule has 0 unspecified atom stereocenters. The third kappa shape index (κ3) is 3.92. The first-order valence-corrected chi connectivity index (χ1v) is 11.2. The minimum atomic E-state index is 0.869. The van der Waals surface area contributed by atoms with E-state index in [1.165, 1.54) is 22.7 Å². The van der Waals surface area contributed by atoms with E-state index < -0.39 is 0 Å². The number of rotatable bonds is 4. The summed E-state index contributed by atoms with van der Waals surface area (Å²) >= 11 is 0. The number of para-hydroxylation sites is 2. The SMILES string of the molecule is C=C(/C=C\C=C/C)c1coc2cc3c(cc12)c1ccccc1n3-c1ccccc1.CCC. The van der Waals surface area contributed by atoms with Gasteiger partial charge in [-0.25, -0.2) is 0 Å². The molecule has 0 aliphatic carbocycles. The highest BCUT2D eigenvalue weighted by atomic mass is 16.3. The number of allylic oxidation sites excluding steroid dienone is 5. The molecule has 2 heteroatoms. The molecule has 32 heavy (non-hydrogen) atoms. The lowest BCUT2D eigenvalue weighted by Gasteiger charge is -2.07. The molecule has 0 amide bonds. The van der Waals surface area contributed by atoms with Gasteiger partial charge in [0.05, 0.1) is 17.3 Å². The molecule has 2 nitrogen and oxygen atoms in total. The van der Waals surface area contributed by atoms with Crippen LogP contribution in [0.3, 0.4) is 0 Å². The van der Waals surface area contributed by atoms with Crippen LogP contribution in [0.5, 0.6) is 0 Å². The maximum absolute atomic E-state index is 5.95. The van der Waals surface area contributed by atoms with Crippen molar-refractivity contribution in [3.63, 3.8) is 0 Å². The number of benzene rings is 3. The zero-order valence-corrected chi connectivity index (χ0v) is 19.0. The number of hydrogen-bond acceptors (Lipinski definition) is 1. The summed E-state index contributed by atoms with van der Waals surface area (Å²) in [6, 6.07) is 23.4. The van der Waals surface area contributed by atoms with Crippen LogP contribution in [0.15, 0.2) is 108 Å². The molecule has 0 N–H and O–H groups in total. The van der Waals surface area contributed by atoms with Crippen LogP contribution in [0.1, 0.15) is 32.8 Å². The van der Waals surface area contributed by atoms with Crippen molar-refractivity contribution in [3.05, 3.63) is 109 Å². The lowest BCUT2D eigenvalue weighted by molar-refractivity contribution is 0.615. The molecule has 0 spiro atoms. The van der Waals surface area contributed by atoms with Crippen molar-refractivity contribution in [1.82, 2.24) is 4.57 Å². The number of aromatic nitrogens is 1. The maximum atomic E-state index is 5.95. The van der Waals surface area contributed by atoms with Gasteiger partial charge in [0.1, 0.15) is 5.58 Å². The number of furan rings is 1. The van der Waals surface area contributed by atoms with Gasteiger partial charge in [-0.2, -0.15) is 0 Å². The van der Waals surface area contributed by atoms with Gasteiger partial charge in [-0.15, -0.1) is 0 Å². The minimum absolute atomic E-state index is 0.869. The second-order valence-electron chi connectivity index (χ2n) is 7.82. The number of fused-ring (bicyclic) bond motifs is 4. The highest BCUT2D eigenvalue weighted by molar-refractivity contribution is 6.14. The van der Waals surface area contributed by atoms with Crippen LogP contribution < -0.4 is 0 Å². The van der Waals surface area contributed by atoms with Gasteiger partial charge in [-0.05, 0) is 36.8 Å². The van der Waals surface area contributed by atoms with Gasteiger partial charge in [0, 0.05) is 33.5 Å². The Bertz CT molecular complexity index is 1430. The summed E-state index contributed by atoms with van der Waals surface area (Å²) in [4.78, 5) is 0. The van der Waals surface area contributed by atoms with E-state index in [1.807, 2.05) is 37.3 Å². The first-order chi connectivity index (χ1) is 15.7. The summed E-state index contributed by atoms with van der Waals surface area (Å²) in [5, 5.41) is 3.53. The van der Waals surface area contributed by atoms with E-state index in [0.717, 1.165) is 33.3 Å². The van der Waals surface area contributed by atoms with Gasteiger partial charge >= 0.3 is 0 Å². The Kier molecular flexibility index (Phi) is 6.42. The molecule has 0 bridgehead atoms. The molecule has 0 aliphatic rings. The first-order valence-electron chi connectivity index (χ1n) is 11.2. The fourth-order valence-electron chi connectivity index (χ4n) is 3.97. The van der Waals surface area contributed by atoms with Crippen molar-refractivity contribution >= 4 is 38.3 Å². The van der Waals surface area contributed by atoms with E-state index >= 15 is 0 Å². The zero-order chi connectivity index (χ0) is 22.5. The average molecular weight is 420 g/mol. The topological polar surface area (TPSA) is 18.1 Å². The van der Waals surface area contributed by atoms with E-state index in [-0.39, 0.29) is 0 Å². The summed E-state index contributed by atoms with van der Waals surface area (Å²) in [6.07, 6.45) is 11.1. The molecule has 5 aromatic rings. The second kappa shape index (κ2) is 9.57. The zero-order valence-electron chi connectivity index (χ0n) is 19.0. The fourth-order valence-corrected chi connectivity index (χ4v) is 3.97. The van der Waals surface area contributed by atoms with Gasteiger partial charge in [-0.1, -0.05) is 87.5 Å². The van der Waals surface area contributed by atoms with Crippen LogP contribution >= 0.6 is 0 Å². The summed E-state index contributed by atoms with van der Waals surface area (Å²) in [5.41, 5.74) is 6.30. The summed E-state index contributed by atoms with van der Waals surface area (Å²) < 4.78 is 8.24. The van der Waals surface area contributed by atoms with Crippen molar-refractivity contribution in [3.8, 4) is 5.69 Å². The van der Waals surface area contributed by atoms with Crippen LogP contribution in [0, 0.1) is 0 Å². The largest absolute Gasteiger partial charge is 0.464 e. The fraction of sp³-hybridized carbons (Fsp3) is 0.133. The van der Waals surface area contributed by atoms with Gasteiger partial charge in [-0.3, -0.25) is 0 Å². The molecule has 0 aliphatic heterocycles. The Morgan fingerprint density at radius 1 is 0.875 bits per heavy atom. The van der Waals surface area contributed by atoms with E-state index in [4.69, 9.17) is 4.42 Å². The van der Waals surface area contributed by atoms with Crippen LogP contribution in [-0.2, 0) is 0 Å². The highest BCUT2D eigenvalue weighted by Gasteiger charge is 2.16. The molecule has 2 aromatic heterocycles. The Morgan fingerprint density at radius 3 is 2.34 bits per heavy atom. The van der Waals surface area contributed by atoms with Gasteiger partial charge in [0.25, 0.3) is 0 Å². The molecule has 0 radical (unpaired) electrons. The van der Waals surface area contributed by atoms with E-state index in [9.17, 15) is 0 Å². The highest BCUT2D eigenvalue weighted by Crippen LogP contribution is 2.37. The molecule has 2 heterocycles. The Hall–Kier alpha value is -3.78. The van der Waals surface area contributed by atoms with E-state index in [0.29, 0.717) is 0 Å². The summed E-state index contributed by atoms with van der Waals surface area (Å²) in [6.45, 7) is 10.5. The minimum Gasteiger partial charge on any atom is -0.464 e. The van der Waals surface area contributed by atoms with Crippen LogP contribution in [0.25, 0.3) is 44.0 Å². The Balaban J connectivity index is 0.000000775. The van der Waals surface area contributed by atoms with Gasteiger partial charge < -0.3 is 8.98 Å². The predicted molar refractivity (Wildman–Crippen MR) is 140 cm³/mol. The van der Waals surface area contributed by atoms with Gasteiger partial charge in [0.2, 0.25) is 0 Å². The van der Waals surface area contributed by atoms with Crippen LogP contribution in [-0.4, -0.2) is 4.57 Å². The Morgan fingerprint density at radius 2 is 1.59 bits per heavy atom. The Labute approximate surface area is 189 Å². The quantitative estimate of drug-likeness (QED) is 0.266. The number of hydrogen-bond donors (Lipinski definition) is 0. The van der Waals surface area contributed by atoms with Crippen molar-refractivity contribution in [1.29, 1.82) is 0 Å². The average Bonchev–Trinajstić information content (AvgIpc) is 3.37. The molecule has 3 aromatic carbocycles. The standard InChI is InChI=1S/C27H21NO.C3H8/c1-3-4-6-11-19(2)24-18-29-27-17-26-22(16-23(24)27)21-14-9-10-15-25(21)28(26)20-12-7-5-8-13-20;1-3-2/h3-18H,2H2,1H3;3H2,1-2H3/b4-3-,11-6-;. The molecule has 5 rings (SSSR count). The van der Waals surface area contributed by atoms with E-state index in [2.05, 4.69) is 85.7 Å². The molecular formula is C30H29NO. The first kappa shape index (κ1) is 21.5. The van der Waals surface area contributed by atoms with Crippen LogP contribution in [0.2, 0.25) is 0 Å². The van der Waals surface area contributed by atoms with Crippen molar-refractivity contribution in [2.45, 2.75) is 27.2 Å². The second-order valence-corrected chi connectivity index (χ2v) is 7.82. The summed E-state index contributed by atoms with van der Waals surface area (Å²) in [7, 11) is 0. The summed E-state index contributed by atoms with van der Waals surface area (Å²) in [5.74, 6) is 0. The molecule has 0 saturated carbocycles. The van der Waals surface area contributed by atoms with Crippen molar-refractivity contribution in [2.24, 2.45) is 0 Å². The van der Waals surface area contributed by atoms with Crippen LogP contribution in [0.4, 0.5) is 0 Å². The number of nitrogens with zero attached hydrogens (tertiary/aromatic N) is 1. The van der Waals surface area contributed by atoms with Gasteiger partial charge in [0.15, 0.2) is 0 Å². The third-order valence-electron chi connectivity index (χ3n) is 5.33. The predicted octanol–water partition coefficient (Wildman–Crippen LogP) is 9.09. The maximum Gasteiger partial charge on any atom is 0.136 e. The van der Waals surface area contributed by atoms with Crippen molar-refractivity contribution < 1.29 is 4.42 Å². The molecule has 0 saturated heterocycles. The molecule has 0 fully saturated rings. The lowest BCUT2D eigenvalue weighted by Crippen LogP contribution is -1.92. The molecule has 0 atom stereocenters. The van der Waals surface area contributed by atoms with E-state index in [1.54, 1.807) is 6.26 Å². The smallest absolute Gasteiger partial charge is 0.136 e. The normalized spacial score (nSPS) is 11.6.